The zero-order chi connectivity index (χ0) is 22.5. The molecule has 4 nitrogen and oxygen atoms in total. The summed E-state index contributed by atoms with van der Waals surface area (Å²) in [4.78, 5) is 13.1. The molecule has 3 aromatic rings. The molecule has 1 aliphatic rings. The van der Waals surface area contributed by atoms with Crippen LogP contribution >= 0.6 is 27.7 Å². The van der Waals surface area contributed by atoms with Gasteiger partial charge in [0.05, 0.1) is 4.91 Å². The Labute approximate surface area is 199 Å². The van der Waals surface area contributed by atoms with Crippen molar-refractivity contribution in [1.29, 1.82) is 0 Å². The summed E-state index contributed by atoms with van der Waals surface area (Å²) in [6.07, 6.45) is 2.80. The summed E-state index contributed by atoms with van der Waals surface area (Å²) in [6.45, 7) is 2.34. The Bertz CT molecular complexity index is 1150. The first-order chi connectivity index (χ1) is 15.5. The average Bonchev–Trinajstić information content (AvgIpc) is 3.12. The van der Waals surface area contributed by atoms with Crippen LogP contribution in [0.2, 0.25) is 0 Å². The first kappa shape index (κ1) is 22.4. The standard InChI is InChI=1S/C25H22BrFN2O2S/c1-2-16-6-9-21(10-7-16)28-25-29-24(30)23(32-25)14-18-13-19(26)8-11-22(18)31-15-17-4-3-5-20(27)12-17/h3-14,25,28H,2,15H2,1H3,(H,29,30)/b23-14-/t25-/m0/s1. The Balaban J connectivity index is 1.48. The predicted molar refractivity (Wildman–Crippen MR) is 132 cm³/mol. The Morgan fingerprint density at radius 1 is 1.12 bits per heavy atom. The van der Waals surface area contributed by atoms with E-state index >= 15 is 0 Å². The normalized spacial score (nSPS) is 16.8. The van der Waals surface area contributed by atoms with Crippen molar-refractivity contribution in [2.45, 2.75) is 25.4 Å². The molecule has 0 aromatic heterocycles. The minimum Gasteiger partial charge on any atom is -0.488 e. The zero-order valence-corrected chi connectivity index (χ0v) is 19.8. The fourth-order valence-electron chi connectivity index (χ4n) is 3.25. The summed E-state index contributed by atoms with van der Waals surface area (Å²) < 4.78 is 20.3. The number of thioether (sulfide) groups is 1. The quantitative estimate of drug-likeness (QED) is 0.363. The molecule has 0 aliphatic carbocycles. The number of carbonyl (C=O) groups excluding carboxylic acids is 1. The second-order valence-corrected chi connectivity index (χ2v) is 9.34. The van der Waals surface area contributed by atoms with Crippen LogP contribution in [0.25, 0.3) is 6.08 Å². The summed E-state index contributed by atoms with van der Waals surface area (Å²) in [5, 5.41) is 6.28. The van der Waals surface area contributed by atoms with Crippen molar-refractivity contribution < 1.29 is 13.9 Å². The van der Waals surface area contributed by atoms with Gasteiger partial charge < -0.3 is 15.4 Å². The van der Waals surface area contributed by atoms with Crippen molar-refractivity contribution in [2.24, 2.45) is 0 Å². The number of halogens is 2. The minimum atomic E-state index is -0.300. The number of nitrogens with one attached hydrogen (secondary N) is 2. The van der Waals surface area contributed by atoms with Crippen molar-refractivity contribution in [3.05, 3.63) is 98.6 Å². The lowest BCUT2D eigenvalue weighted by Crippen LogP contribution is -2.30. The van der Waals surface area contributed by atoms with Crippen LogP contribution in [0.3, 0.4) is 0 Å². The van der Waals surface area contributed by atoms with Gasteiger partial charge in [-0.05, 0) is 66.1 Å². The number of amides is 1. The molecule has 0 radical (unpaired) electrons. The second kappa shape index (κ2) is 10.2. The Morgan fingerprint density at radius 3 is 2.69 bits per heavy atom. The molecule has 0 spiro atoms. The van der Waals surface area contributed by atoms with Gasteiger partial charge in [0.1, 0.15) is 18.2 Å². The maximum atomic E-state index is 13.4. The number of ether oxygens (including phenoxy) is 1. The lowest BCUT2D eigenvalue weighted by atomic mass is 10.1. The van der Waals surface area contributed by atoms with Crippen molar-refractivity contribution in [3.8, 4) is 5.75 Å². The molecule has 3 aromatic carbocycles. The third-order valence-corrected chi connectivity index (χ3v) is 6.45. The molecule has 1 amide bonds. The number of anilines is 1. The van der Waals surface area contributed by atoms with Crippen molar-refractivity contribution in [3.63, 3.8) is 0 Å². The molecule has 1 fully saturated rings. The highest BCUT2D eigenvalue weighted by atomic mass is 79.9. The van der Waals surface area contributed by atoms with Gasteiger partial charge in [-0.3, -0.25) is 4.79 Å². The van der Waals surface area contributed by atoms with Crippen LogP contribution in [0.15, 0.2) is 76.1 Å². The summed E-state index contributed by atoms with van der Waals surface area (Å²) in [5.74, 6) is 0.171. The van der Waals surface area contributed by atoms with Crippen LogP contribution < -0.4 is 15.4 Å². The summed E-state index contributed by atoms with van der Waals surface area (Å²) in [5.41, 5.74) is 3.45. The topological polar surface area (TPSA) is 50.4 Å². The molecule has 7 heteroatoms. The number of benzene rings is 3. The second-order valence-electron chi connectivity index (χ2n) is 7.28. The highest BCUT2D eigenvalue weighted by molar-refractivity contribution is 9.10. The van der Waals surface area contributed by atoms with Crippen LogP contribution in [0.1, 0.15) is 23.6 Å². The molecular formula is C25H22BrFN2O2S. The van der Waals surface area contributed by atoms with Gasteiger partial charge in [0.2, 0.25) is 0 Å². The number of carbonyl (C=O) groups is 1. The molecule has 0 saturated carbocycles. The van der Waals surface area contributed by atoms with Crippen molar-refractivity contribution >= 4 is 45.4 Å². The lowest BCUT2D eigenvalue weighted by Gasteiger charge is -2.13. The van der Waals surface area contributed by atoms with E-state index < -0.39 is 0 Å². The van der Waals surface area contributed by atoms with E-state index in [-0.39, 0.29) is 23.8 Å². The summed E-state index contributed by atoms with van der Waals surface area (Å²) in [7, 11) is 0. The van der Waals surface area contributed by atoms with Crippen molar-refractivity contribution in [2.75, 3.05) is 5.32 Å². The van der Waals surface area contributed by atoms with E-state index in [1.807, 2.05) is 42.5 Å². The zero-order valence-electron chi connectivity index (χ0n) is 17.4. The van der Waals surface area contributed by atoms with Crippen LogP contribution in [-0.2, 0) is 17.8 Å². The number of hydrogen-bond donors (Lipinski definition) is 2. The number of rotatable bonds is 7. The first-order valence-electron chi connectivity index (χ1n) is 10.2. The van der Waals surface area contributed by atoms with Gasteiger partial charge in [-0.2, -0.15) is 0 Å². The molecule has 4 rings (SSSR count). The van der Waals surface area contributed by atoms with Gasteiger partial charge in [0.15, 0.2) is 5.50 Å². The largest absolute Gasteiger partial charge is 0.488 e. The Morgan fingerprint density at radius 2 is 1.94 bits per heavy atom. The van der Waals surface area contributed by atoms with Gasteiger partial charge in [-0.15, -0.1) is 0 Å². The Hall–Kier alpha value is -2.77. The molecular weight excluding hydrogens is 491 g/mol. The third-order valence-electron chi connectivity index (χ3n) is 4.93. The maximum absolute atomic E-state index is 13.4. The lowest BCUT2D eigenvalue weighted by molar-refractivity contribution is -0.116. The minimum absolute atomic E-state index is 0.145. The average molecular weight is 513 g/mol. The smallest absolute Gasteiger partial charge is 0.260 e. The van der Waals surface area contributed by atoms with E-state index in [2.05, 4.69) is 45.6 Å². The molecule has 2 N–H and O–H groups in total. The molecule has 32 heavy (non-hydrogen) atoms. The molecule has 1 aliphatic heterocycles. The van der Waals surface area contributed by atoms with Crippen LogP contribution in [-0.4, -0.2) is 11.4 Å². The van der Waals surface area contributed by atoms with Crippen LogP contribution in [0.4, 0.5) is 10.1 Å². The molecule has 0 bridgehead atoms. The highest BCUT2D eigenvalue weighted by Gasteiger charge is 2.27. The predicted octanol–water partition coefficient (Wildman–Crippen LogP) is 6.33. The maximum Gasteiger partial charge on any atom is 0.260 e. The first-order valence-corrected chi connectivity index (χ1v) is 11.9. The van der Waals surface area contributed by atoms with E-state index in [1.165, 1.54) is 29.5 Å². The van der Waals surface area contributed by atoms with Gasteiger partial charge in [-0.25, -0.2) is 4.39 Å². The van der Waals surface area contributed by atoms with Gasteiger partial charge in [0.25, 0.3) is 5.91 Å². The molecule has 1 atom stereocenters. The van der Waals surface area contributed by atoms with E-state index in [0.29, 0.717) is 10.7 Å². The van der Waals surface area contributed by atoms with E-state index in [0.717, 1.165) is 27.7 Å². The fraction of sp³-hybridized carbons (Fsp3) is 0.160. The molecule has 0 unspecified atom stereocenters. The monoisotopic (exact) mass is 512 g/mol. The number of hydrogen-bond acceptors (Lipinski definition) is 4. The van der Waals surface area contributed by atoms with E-state index in [4.69, 9.17) is 4.74 Å². The van der Waals surface area contributed by atoms with E-state index in [9.17, 15) is 9.18 Å². The van der Waals surface area contributed by atoms with Gasteiger partial charge in [0, 0.05) is 15.7 Å². The Kier molecular flexibility index (Phi) is 7.17. The third kappa shape index (κ3) is 5.72. The number of aryl methyl sites for hydroxylation is 1. The summed E-state index contributed by atoms with van der Waals surface area (Å²) in [6, 6.07) is 20.1. The highest BCUT2D eigenvalue weighted by Crippen LogP contribution is 2.33. The molecule has 1 saturated heterocycles. The fourth-order valence-corrected chi connectivity index (χ4v) is 4.60. The SMILES string of the molecule is CCc1ccc(N[C@H]2NC(=O)/C(=C/c3cc(Br)ccc3OCc3cccc(F)c3)S2)cc1. The van der Waals surface area contributed by atoms with Crippen LogP contribution in [0.5, 0.6) is 5.75 Å². The molecule has 164 valence electrons. The van der Waals surface area contributed by atoms with Crippen molar-refractivity contribution in [1.82, 2.24) is 5.32 Å². The van der Waals surface area contributed by atoms with E-state index in [1.54, 1.807) is 6.07 Å². The molecule has 1 heterocycles. The van der Waals surface area contributed by atoms with Crippen LogP contribution in [0, 0.1) is 5.82 Å². The summed E-state index contributed by atoms with van der Waals surface area (Å²) >= 11 is 4.90. The van der Waals surface area contributed by atoms with Gasteiger partial charge >= 0.3 is 0 Å². The van der Waals surface area contributed by atoms with Gasteiger partial charge in [-0.1, -0.05) is 58.9 Å².